The van der Waals surface area contributed by atoms with E-state index in [2.05, 4.69) is 10.2 Å². The van der Waals surface area contributed by atoms with Crippen molar-refractivity contribution in [3.05, 3.63) is 35.5 Å². The van der Waals surface area contributed by atoms with E-state index in [0.717, 1.165) is 29.0 Å². The van der Waals surface area contributed by atoms with Gasteiger partial charge in [0.15, 0.2) is 11.5 Å². The Morgan fingerprint density at radius 1 is 1.29 bits per heavy atom. The Hall–Kier alpha value is -1.88. The van der Waals surface area contributed by atoms with Gasteiger partial charge in [-0.05, 0) is 17.7 Å². The number of fused-ring (bicyclic) bond motifs is 1. The normalized spacial score (nSPS) is 12.2. The highest BCUT2D eigenvalue weighted by Crippen LogP contribution is 2.33. The van der Waals surface area contributed by atoms with Crippen molar-refractivity contribution in [1.82, 2.24) is 10.2 Å². The molecule has 0 bridgehead atoms. The standard InChI is InChI=1S/C11H11N3O2.ClH/c12-11-8(5-13-14-11)3-7-1-2-9-10(4-7)16-6-15-9;/h1-2,4-5H,3,6H2,(H3,12,13,14);1H. The van der Waals surface area contributed by atoms with Gasteiger partial charge in [0.25, 0.3) is 0 Å². The Balaban J connectivity index is 0.00000108. The maximum Gasteiger partial charge on any atom is 0.231 e. The number of rotatable bonds is 2. The summed E-state index contributed by atoms with van der Waals surface area (Å²) >= 11 is 0. The van der Waals surface area contributed by atoms with Crippen LogP contribution in [0.5, 0.6) is 11.5 Å². The Morgan fingerprint density at radius 2 is 2.12 bits per heavy atom. The summed E-state index contributed by atoms with van der Waals surface area (Å²) in [6.45, 7) is 0.298. The summed E-state index contributed by atoms with van der Waals surface area (Å²) in [6, 6.07) is 5.88. The fourth-order valence-corrected chi connectivity index (χ4v) is 1.73. The minimum atomic E-state index is 0. The number of hydrogen-bond acceptors (Lipinski definition) is 4. The fraction of sp³-hybridized carbons (Fsp3) is 0.182. The summed E-state index contributed by atoms with van der Waals surface area (Å²) in [5.74, 6) is 2.20. The first kappa shape index (κ1) is 11.6. The molecule has 0 radical (unpaired) electrons. The summed E-state index contributed by atoms with van der Waals surface area (Å²) in [5.41, 5.74) is 7.83. The molecule has 0 amide bonds. The van der Waals surface area contributed by atoms with E-state index in [0.29, 0.717) is 12.6 Å². The van der Waals surface area contributed by atoms with Crippen molar-refractivity contribution in [1.29, 1.82) is 0 Å². The Labute approximate surface area is 104 Å². The number of hydrogen-bond donors (Lipinski definition) is 2. The summed E-state index contributed by atoms with van der Waals surface area (Å²) < 4.78 is 10.6. The van der Waals surface area contributed by atoms with Crippen LogP contribution in [0.2, 0.25) is 0 Å². The van der Waals surface area contributed by atoms with Gasteiger partial charge in [0.1, 0.15) is 5.82 Å². The van der Waals surface area contributed by atoms with Crippen molar-refractivity contribution in [3.8, 4) is 11.5 Å². The third kappa shape index (κ3) is 2.14. The first-order valence-electron chi connectivity index (χ1n) is 4.99. The zero-order valence-electron chi connectivity index (χ0n) is 8.97. The molecule has 0 unspecified atom stereocenters. The Morgan fingerprint density at radius 3 is 2.88 bits per heavy atom. The van der Waals surface area contributed by atoms with Crippen LogP contribution in [0.4, 0.5) is 5.82 Å². The van der Waals surface area contributed by atoms with Gasteiger partial charge in [-0.2, -0.15) is 5.10 Å². The van der Waals surface area contributed by atoms with Crippen LogP contribution >= 0.6 is 12.4 Å². The first-order valence-corrected chi connectivity index (χ1v) is 4.99. The number of aromatic amines is 1. The highest BCUT2D eigenvalue weighted by molar-refractivity contribution is 5.85. The van der Waals surface area contributed by atoms with Gasteiger partial charge in [-0.25, -0.2) is 0 Å². The van der Waals surface area contributed by atoms with Crippen LogP contribution in [0, 0.1) is 0 Å². The molecule has 3 rings (SSSR count). The molecule has 0 aliphatic carbocycles. The molecule has 17 heavy (non-hydrogen) atoms. The van der Waals surface area contributed by atoms with Gasteiger partial charge < -0.3 is 15.2 Å². The van der Waals surface area contributed by atoms with Crippen LogP contribution in [0.1, 0.15) is 11.1 Å². The van der Waals surface area contributed by atoms with E-state index in [-0.39, 0.29) is 12.4 Å². The van der Waals surface area contributed by atoms with Crippen molar-refractivity contribution in [2.24, 2.45) is 0 Å². The SMILES string of the molecule is Cl.Nc1[nH]ncc1Cc1ccc2c(c1)OCO2. The van der Waals surface area contributed by atoms with Crippen LogP contribution in [0.25, 0.3) is 0 Å². The third-order valence-electron chi connectivity index (χ3n) is 2.58. The molecule has 0 atom stereocenters. The molecule has 1 aromatic heterocycles. The van der Waals surface area contributed by atoms with E-state index in [1.54, 1.807) is 6.20 Å². The van der Waals surface area contributed by atoms with Gasteiger partial charge >= 0.3 is 0 Å². The average molecular weight is 254 g/mol. The molecule has 0 spiro atoms. The summed E-state index contributed by atoms with van der Waals surface area (Å²) in [6.07, 6.45) is 2.47. The molecule has 0 fully saturated rings. The lowest BCUT2D eigenvalue weighted by atomic mass is 10.1. The van der Waals surface area contributed by atoms with Crippen molar-refractivity contribution >= 4 is 18.2 Å². The number of nitrogens with one attached hydrogen (secondary N) is 1. The Bertz CT molecular complexity index is 527. The minimum absolute atomic E-state index is 0. The lowest BCUT2D eigenvalue weighted by Gasteiger charge is -2.02. The number of nitrogens with zero attached hydrogens (tertiary/aromatic N) is 1. The van der Waals surface area contributed by atoms with Crippen molar-refractivity contribution in [2.75, 3.05) is 12.5 Å². The molecule has 3 N–H and O–H groups in total. The van der Waals surface area contributed by atoms with E-state index in [1.807, 2.05) is 18.2 Å². The van der Waals surface area contributed by atoms with Gasteiger partial charge in [0.05, 0.1) is 6.20 Å². The molecule has 5 nitrogen and oxygen atoms in total. The third-order valence-corrected chi connectivity index (χ3v) is 2.58. The molecule has 0 saturated carbocycles. The second-order valence-electron chi connectivity index (χ2n) is 3.67. The topological polar surface area (TPSA) is 73.2 Å². The van der Waals surface area contributed by atoms with Crippen LogP contribution in [-0.2, 0) is 6.42 Å². The van der Waals surface area contributed by atoms with Gasteiger partial charge in [-0.3, -0.25) is 5.10 Å². The smallest absolute Gasteiger partial charge is 0.231 e. The van der Waals surface area contributed by atoms with Crippen molar-refractivity contribution < 1.29 is 9.47 Å². The summed E-state index contributed by atoms with van der Waals surface area (Å²) in [4.78, 5) is 0. The Kier molecular flexibility index (Phi) is 3.10. The van der Waals surface area contributed by atoms with Gasteiger partial charge in [0, 0.05) is 12.0 Å². The molecule has 1 aliphatic rings. The van der Waals surface area contributed by atoms with Crippen LogP contribution < -0.4 is 15.2 Å². The molecule has 2 aromatic rings. The lowest BCUT2D eigenvalue weighted by molar-refractivity contribution is 0.174. The van der Waals surface area contributed by atoms with Gasteiger partial charge in [-0.1, -0.05) is 6.07 Å². The predicted molar refractivity (Wildman–Crippen MR) is 65.6 cm³/mol. The number of anilines is 1. The van der Waals surface area contributed by atoms with E-state index in [9.17, 15) is 0 Å². The van der Waals surface area contributed by atoms with E-state index in [4.69, 9.17) is 15.2 Å². The number of halogens is 1. The van der Waals surface area contributed by atoms with Crippen LogP contribution in [0.3, 0.4) is 0 Å². The number of H-pyrrole nitrogens is 1. The number of aromatic nitrogens is 2. The molecular weight excluding hydrogens is 242 g/mol. The second kappa shape index (κ2) is 4.55. The highest BCUT2D eigenvalue weighted by Gasteiger charge is 2.13. The van der Waals surface area contributed by atoms with E-state index < -0.39 is 0 Å². The van der Waals surface area contributed by atoms with Gasteiger partial charge in [0.2, 0.25) is 6.79 Å². The molecule has 1 aliphatic heterocycles. The molecule has 0 saturated heterocycles. The highest BCUT2D eigenvalue weighted by atomic mass is 35.5. The van der Waals surface area contributed by atoms with E-state index >= 15 is 0 Å². The maximum atomic E-state index is 5.73. The summed E-state index contributed by atoms with van der Waals surface area (Å²) in [7, 11) is 0. The number of ether oxygens (including phenoxy) is 2. The number of benzene rings is 1. The molecule has 6 heteroatoms. The zero-order chi connectivity index (χ0) is 11.0. The van der Waals surface area contributed by atoms with Crippen molar-refractivity contribution in [2.45, 2.75) is 6.42 Å². The van der Waals surface area contributed by atoms with Crippen molar-refractivity contribution in [3.63, 3.8) is 0 Å². The molecule has 90 valence electrons. The monoisotopic (exact) mass is 253 g/mol. The fourth-order valence-electron chi connectivity index (χ4n) is 1.73. The van der Waals surface area contributed by atoms with E-state index in [1.165, 1.54) is 0 Å². The molecule has 1 aromatic carbocycles. The zero-order valence-corrected chi connectivity index (χ0v) is 9.79. The number of nitrogens with two attached hydrogens (primary N) is 1. The minimum Gasteiger partial charge on any atom is -0.454 e. The molecule has 2 heterocycles. The number of nitrogen functional groups attached to an aromatic ring is 1. The average Bonchev–Trinajstić information content (AvgIpc) is 2.88. The summed E-state index contributed by atoms with van der Waals surface area (Å²) in [5, 5.41) is 6.60. The quantitative estimate of drug-likeness (QED) is 0.855. The van der Waals surface area contributed by atoms with Crippen LogP contribution in [-0.4, -0.2) is 17.0 Å². The molecular formula is C11H12ClN3O2. The first-order chi connectivity index (χ1) is 7.83. The predicted octanol–water partition coefficient (Wildman–Crippen LogP) is 1.73. The second-order valence-corrected chi connectivity index (χ2v) is 3.67. The maximum absolute atomic E-state index is 5.73. The van der Waals surface area contributed by atoms with Crippen LogP contribution in [0.15, 0.2) is 24.4 Å². The largest absolute Gasteiger partial charge is 0.454 e. The lowest BCUT2D eigenvalue weighted by Crippen LogP contribution is -1.93. The van der Waals surface area contributed by atoms with Gasteiger partial charge in [-0.15, -0.1) is 12.4 Å².